The summed E-state index contributed by atoms with van der Waals surface area (Å²) in [5.74, 6) is 4.26. The molecule has 0 aliphatic carbocycles. The number of para-hydroxylation sites is 6. The molecule has 15 aromatic rings. The molecule has 6 aliphatic rings. The number of benzene rings is 15. The van der Waals surface area contributed by atoms with Crippen molar-refractivity contribution >= 4 is 172 Å². The van der Waals surface area contributed by atoms with Crippen molar-refractivity contribution in [3.05, 3.63) is 354 Å². The minimum atomic E-state index is -0.463. The van der Waals surface area contributed by atoms with Gasteiger partial charge in [0.05, 0.1) is 46.6 Å². The Balaban J connectivity index is 0.866. The molecule has 112 heavy (non-hydrogen) atoms. The zero-order valence-corrected chi connectivity index (χ0v) is 62.5. The molecule has 6 aliphatic heterocycles. The van der Waals surface area contributed by atoms with Crippen molar-refractivity contribution in [1.82, 2.24) is 0 Å². The zero-order valence-electron chi connectivity index (χ0n) is 62.5. The number of nitriles is 1. The first-order valence-electron chi connectivity index (χ1n) is 38.1. The van der Waals surface area contributed by atoms with Gasteiger partial charge in [-0.3, -0.25) is 0 Å². The summed E-state index contributed by atoms with van der Waals surface area (Å²) in [6, 6.07) is 110. The maximum Gasteiger partial charge on any atom is 0.256 e. The molecule has 0 aromatic heterocycles. The Bertz CT molecular complexity index is 6390. The Hall–Kier alpha value is -14.3. The van der Waals surface area contributed by atoms with Crippen molar-refractivity contribution < 1.29 is 14.2 Å². The van der Waals surface area contributed by atoms with Crippen molar-refractivity contribution in [3.63, 3.8) is 0 Å². The van der Waals surface area contributed by atoms with Gasteiger partial charge in [0.15, 0.2) is 5.69 Å². The zero-order chi connectivity index (χ0) is 75.3. The summed E-state index contributed by atoms with van der Waals surface area (Å²) in [4.78, 5) is 16.0. The molecule has 0 amide bonds. The van der Waals surface area contributed by atoms with Gasteiger partial charge >= 0.3 is 0 Å². The number of fused-ring (bicyclic) bond motifs is 12. The minimum Gasteiger partial charge on any atom is -0.458 e. The second-order valence-corrected chi connectivity index (χ2v) is 30.2. The number of hydrogen-bond donors (Lipinski definition) is 1. The lowest BCUT2D eigenvalue weighted by molar-refractivity contribution is 0.487. The van der Waals surface area contributed by atoms with Crippen molar-refractivity contribution in [2.75, 3.05) is 29.8 Å². The van der Waals surface area contributed by atoms with E-state index < -0.39 is 13.4 Å². The maximum atomic E-state index is 11.0. The van der Waals surface area contributed by atoms with E-state index in [9.17, 15) is 5.26 Å². The van der Waals surface area contributed by atoms with Crippen LogP contribution in [0.3, 0.4) is 0 Å². The van der Waals surface area contributed by atoms with Crippen LogP contribution in [0.2, 0.25) is 0 Å². The number of anilines is 17. The van der Waals surface area contributed by atoms with E-state index >= 15 is 0 Å². The van der Waals surface area contributed by atoms with Gasteiger partial charge in [-0.2, -0.15) is 5.26 Å². The Morgan fingerprint density at radius 1 is 0.321 bits per heavy atom. The lowest BCUT2D eigenvalue weighted by Gasteiger charge is -2.45. The predicted molar refractivity (Wildman–Crippen MR) is 462 cm³/mol. The van der Waals surface area contributed by atoms with E-state index in [0.29, 0.717) is 28.5 Å². The SMILES string of the molecule is [C-]#[N+]c1ccc2c(c1)B1c3cc4c(cc3Nc3cc(N(c5ccccc5)c5ccccc5)cc(c31)O2)N(c1c(C)cc(C)cc1C)c1cc(N(c2ccccc2)c2ccccc2)cc2c1B4c1cc3c(cc1O2)N(c1c(C)cc(C)cc1C)c1cc(N(c2ccccc2)c2ccccc2)cc2c1B3c1cc(C#N)ccc1O2. The number of ether oxygens (including phenoxy) is 3. The fourth-order valence-electron chi connectivity index (χ4n) is 18.9. The summed E-state index contributed by atoms with van der Waals surface area (Å²) in [6.45, 7) is 20.5. The summed E-state index contributed by atoms with van der Waals surface area (Å²) in [5, 5.41) is 15.1. The van der Waals surface area contributed by atoms with Gasteiger partial charge in [0.1, 0.15) is 34.5 Å². The van der Waals surface area contributed by atoms with Crippen molar-refractivity contribution in [2.45, 2.75) is 41.5 Å². The standard InChI is InChI=1S/C98H69B3N8O3/c1-59-42-61(3)97(62(4)43-59)108-84-56-82-76(99-80-47-66(103-7)39-41-89(80)110-91-51-73(48-83(104-82)94(91)99)105(67-26-14-8-15-27-67)68-28-16-9-17-29-68)54-77(84)101-81-55-78-85(57-90(81)112-93-53-75(49-86(108)96(93)101)107(71-34-22-12-23-35-71)72-36-24-13-25-37-72)109(98-63(5)44-60(2)45-64(98)6)87-50-74(106(69-30-18-10-19-31-69)70-32-20-11-21-33-70)52-92-95(87)100(78)79-46-65(58-102)38-40-88(79)111-92/h8-57,104H,1-6H3. The Labute approximate surface area is 652 Å². The molecule has 0 bridgehead atoms. The van der Waals surface area contributed by atoms with Crippen LogP contribution in [0.5, 0.6) is 34.5 Å². The monoisotopic (exact) mass is 1440 g/mol. The van der Waals surface area contributed by atoms with Crippen LogP contribution >= 0.6 is 0 Å². The van der Waals surface area contributed by atoms with Gasteiger partial charge in [0, 0.05) is 92.5 Å². The molecule has 0 unspecified atom stereocenters. The fourth-order valence-corrected chi connectivity index (χ4v) is 18.9. The quantitative estimate of drug-likeness (QED) is 0.0998. The van der Waals surface area contributed by atoms with Crippen LogP contribution in [0.1, 0.15) is 38.9 Å². The van der Waals surface area contributed by atoms with Crippen LogP contribution in [0.4, 0.5) is 102 Å². The summed E-state index contributed by atoms with van der Waals surface area (Å²) in [6.07, 6.45) is 0. The molecule has 0 fully saturated rings. The lowest BCUT2D eigenvalue weighted by Crippen LogP contribution is -2.65. The van der Waals surface area contributed by atoms with Gasteiger partial charge in [-0.1, -0.05) is 169 Å². The van der Waals surface area contributed by atoms with Crippen molar-refractivity contribution in [1.29, 1.82) is 5.26 Å². The largest absolute Gasteiger partial charge is 0.458 e. The molecule has 6 heterocycles. The number of rotatable bonds is 11. The number of hydrogen-bond acceptors (Lipinski definition) is 10. The third-order valence-corrected chi connectivity index (χ3v) is 23.2. The van der Waals surface area contributed by atoms with Gasteiger partial charge < -0.3 is 44.0 Å². The molecule has 0 spiro atoms. The molecular formula is C98H69B3N8O3. The van der Waals surface area contributed by atoms with Gasteiger partial charge in [-0.05, 0) is 234 Å². The Morgan fingerprint density at radius 3 is 1.12 bits per heavy atom. The number of nitrogens with one attached hydrogen (secondary N) is 1. The molecule has 15 aromatic carbocycles. The average molecular weight is 1440 g/mol. The van der Waals surface area contributed by atoms with Gasteiger partial charge in [0.25, 0.3) is 20.1 Å². The molecule has 528 valence electrons. The molecule has 21 rings (SSSR count). The second kappa shape index (κ2) is 25.7. The highest BCUT2D eigenvalue weighted by Gasteiger charge is 2.50. The smallest absolute Gasteiger partial charge is 0.256 e. The topological polar surface area (TPSA) is 84.1 Å². The van der Waals surface area contributed by atoms with Gasteiger partial charge in [-0.25, -0.2) is 4.85 Å². The third-order valence-electron chi connectivity index (χ3n) is 23.2. The normalized spacial score (nSPS) is 12.9. The molecule has 14 heteroatoms. The summed E-state index contributed by atoms with van der Waals surface area (Å²) in [7, 11) is 0. The summed E-state index contributed by atoms with van der Waals surface area (Å²) >= 11 is 0. The molecule has 11 nitrogen and oxygen atoms in total. The van der Waals surface area contributed by atoms with Crippen LogP contribution in [-0.4, -0.2) is 20.1 Å². The Kier molecular flexibility index (Phi) is 15.1. The molecule has 0 radical (unpaired) electrons. The van der Waals surface area contributed by atoms with Crippen LogP contribution in [-0.2, 0) is 0 Å². The fraction of sp³-hybridized carbons (Fsp3) is 0.0612. The van der Waals surface area contributed by atoms with Crippen molar-refractivity contribution in [3.8, 4) is 40.6 Å². The molecule has 0 saturated heterocycles. The van der Waals surface area contributed by atoms with E-state index in [4.69, 9.17) is 20.8 Å². The predicted octanol–water partition coefficient (Wildman–Crippen LogP) is 19.9. The van der Waals surface area contributed by atoms with E-state index in [0.717, 1.165) is 185 Å². The first-order valence-corrected chi connectivity index (χ1v) is 38.1. The van der Waals surface area contributed by atoms with E-state index in [2.05, 4.69) is 349 Å². The minimum absolute atomic E-state index is 0.386. The van der Waals surface area contributed by atoms with Crippen LogP contribution in [0.25, 0.3) is 4.85 Å². The van der Waals surface area contributed by atoms with E-state index in [-0.39, 0.29) is 6.71 Å². The Morgan fingerprint density at radius 2 is 0.688 bits per heavy atom. The highest BCUT2D eigenvalue weighted by Crippen LogP contribution is 2.53. The highest BCUT2D eigenvalue weighted by molar-refractivity contribution is 7.03. The second-order valence-electron chi connectivity index (χ2n) is 30.2. The number of nitrogens with zero attached hydrogens (tertiary/aromatic N) is 7. The first-order chi connectivity index (χ1) is 54.9. The molecule has 0 saturated carbocycles. The number of aryl methyl sites for hydroxylation is 6. The van der Waals surface area contributed by atoms with Crippen molar-refractivity contribution in [2.24, 2.45) is 0 Å². The van der Waals surface area contributed by atoms with Crippen LogP contribution in [0, 0.1) is 59.4 Å². The molecule has 0 atom stereocenters. The molecule has 1 N–H and O–H groups in total. The highest BCUT2D eigenvalue weighted by atomic mass is 16.5. The van der Waals surface area contributed by atoms with E-state index in [1.54, 1.807) is 0 Å². The molecular weight excluding hydrogens is 1370 g/mol. The maximum absolute atomic E-state index is 11.0. The average Bonchev–Trinajstić information content (AvgIpc) is 1.49. The van der Waals surface area contributed by atoms with Gasteiger partial charge in [0.2, 0.25) is 0 Å². The van der Waals surface area contributed by atoms with Crippen LogP contribution < -0.4 is 93.2 Å². The van der Waals surface area contributed by atoms with Crippen LogP contribution in [0.15, 0.2) is 303 Å². The first kappa shape index (κ1) is 65.9. The lowest BCUT2D eigenvalue weighted by atomic mass is 9.29. The summed E-state index contributed by atoms with van der Waals surface area (Å²) in [5.41, 5.74) is 33.4. The third kappa shape index (κ3) is 10.4. The van der Waals surface area contributed by atoms with E-state index in [1.165, 1.54) is 11.1 Å². The summed E-state index contributed by atoms with van der Waals surface area (Å²) < 4.78 is 22.7. The van der Waals surface area contributed by atoms with Gasteiger partial charge in [-0.15, -0.1) is 0 Å². The van der Waals surface area contributed by atoms with E-state index in [1.807, 2.05) is 36.4 Å².